The van der Waals surface area contributed by atoms with Crippen LogP contribution in [-0.4, -0.2) is 27.2 Å². The molecule has 0 saturated heterocycles. The Kier molecular flexibility index (Phi) is 5.75. The number of thiophene rings is 1. The van der Waals surface area contributed by atoms with E-state index in [2.05, 4.69) is 25.8 Å². The zero-order valence-electron chi connectivity index (χ0n) is 17.9. The molecular weight excluding hydrogens is 486 g/mol. The van der Waals surface area contributed by atoms with Crippen molar-refractivity contribution in [2.45, 2.75) is 30.9 Å². The highest BCUT2D eigenvalue weighted by atomic mass is 32.1. The van der Waals surface area contributed by atoms with Crippen molar-refractivity contribution >= 4 is 34.7 Å². The van der Waals surface area contributed by atoms with Crippen molar-refractivity contribution in [1.82, 2.24) is 15.1 Å². The number of anilines is 3. The van der Waals surface area contributed by atoms with Gasteiger partial charge in [-0.25, -0.2) is 14.4 Å². The highest BCUT2D eigenvalue weighted by Crippen LogP contribution is 2.59. The van der Waals surface area contributed by atoms with Crippen LogP contribution in [0.2, 0.25) is 0 Å². The molecule has 1 aliphatic carbocycles. The summed E-state index contributed by atoms with van der Waals surface area (Å²) in [5.74, 6) is -1.34. The highest BCUT2D eigenvalue weighted by Gasteiger charge is 2.66. The van der Waals surface area contributed by atoms with Crippen molar-refractivity contribution < 1.29 is 26.9 Å². The number of aromatic nitrogens is 3. The van der Waals surface area contributed by atoms with Crippen molar-refractivity contribution in [3.8, 4) is 11.1 Å². The lowest BCUT2D eigenvalue weighted by molar-refractivity contribution is -0.165. The Bertz CT molecular complexity index is 1350. The monoisotopic (exact) mass is 503 g/mol. The molecule has 180 valence electrons. The van der Waals surface area contributed by atoms with E-state index in [1.165, 1.54) is 23.5 Å². The second kappa shape index (κ2) is 8.77. The summed E-state index contributed by atoms with van der Waals surface area (Å²) in [5.41, 5.74) is 0.0554. The van der Waals surface area contributed by atoms with E-state index in [0.717, 1.165) is 11.8 Å². The summed E-state index contributed by atoms with van der Waals surface area (Å²) in [6.07, 6.45) is -1.86. The van der Waals surface area contributed by atoms with E-state index in [4.69, 9.17) is 4.52 Å². The summed E-state index contributed by atoms with van der Waals surface area (Å²) in [5, 5.41) is 12.7. The molecular formula is C23H17F4N5O2S. The van der Waals surface area contributed by atoms with E-state index < -0.39 is 23.3 Å². The average molecular weight is 503 g/mol. The molecule has 0 bridgehead atoms. The molecule has 0 aliphatic heterocycles. The van der Waals surface area contributed by atoms with Gasteiger partial charge in [0.1, 0.15) is 11.2 Å². The number of alkyl halides is 3. The maximum Gasteiger partial charge on any atom is 0.401 e. The number of nitrogens with one attached hydrogen (secondary N) is 2. The Morgan fingerprint density at radius 2 is 1.89 bits per heavy atom. The van der Waals surface area contributed by atoms with Crippen molar-refractivity contribution in [3.05, 3.63) is 70.6 Å². The molecule has 3 heterocycles. The van der Waals surface area contributed by atoms with Gasteiger partial charge in [-0.15, -0.1) is 0 Å². The first-order valence-corrected chi connectivity index (χ1v) is 11.4. The van der Waals surface area contributed by atoms with E-state index in [1.54, 1.807) is 18.5 Å². The molecule has 12 heteroatoms. The van der Waals surface area contributed by atoms with Crippen LogP contribution >= 0.6 is 11.3 Å². The normalized spacial score (nSPS) is 14.5. The number of nitrogens with zero attached hydrogens (tertiary/aromatic N) is 3. The maximum absolute atomic E-state index is 14.7. The van der Waals surface area contributed by atoms with Crippen LogP contribution < -0.4 is 10.6 Å². The van der Waals surface area contributed by atoms with Crippen LogP contribution in [0, 0.1) is 5.82 Å². The van der Waals surface area contributed by atoms with E-state index in [9.17, 15) is 22.4 Å². The zero-order valence-corrected chi connectivity index (χ0v) is 18.7. The fraction of sp³-hybridized carbons (Fsp3) is 0.217. The van der Waals surface area contributed by atoms with Crippen molar-refractivity contribution in [2.75, 3.05) is 10.6 Å². The van der Waals surface area contributed by atoms with Gasteiger partial charge in [0.05, 0.1) is 12.1 Å². The molecule has 7 nitrogen and oxygen atoms in total. The molecule has 4 aromatic rings. The van der Waals surface area contributed by atoms with Gasteiger partial charge < -0.3 is 15.2 Å². The second-order valence-corrected chi connectivity index (χ2v) is 8.90. The number of halogens is 4. The predicted octanol–water partition coefficient (Wildman–Crippen LogP) is 5.85. The minimum absolute atomic E-state index is 0.0878. The van der Waals surface area contributed by atoms with Crippen LogP contribution in [0.5, 0.6) is 0 Å². The number of hydrogen-bond donors (Lipinski definition) is 2. The van der Waals surface area contributed by atoms with Crippen LogP contribution in [0.3, 0.4) is 0 Å². The fourth-order valence-corrected chi connectivity index (χ4v) is 4.18. The highest BCUT2D eigenvalue weighted by molar-refractivity contribution is 7.08. The molecule has 0 spiro atoms. The van der Waals surface area contributed by atoms with Gasteiger partial charge in [0, 0.05) is 29.4 Å². The minimum atomic E-state index is -4.45. The van der Waals surface area contributed by atoms with Gasteiger partial charge in [-0.05, 0) is 41.5 Å². The largest absolute Gasteiger partial charge is 0.401 e. The number of amides is 1. The minimum Gasteiger partial charge on any atom is -0.358 e. The lowest BCUT2D eigenvalue weighted by Gasteiger charge is -2.14. The SMILES string of the molecule is O=C(Cc1ccc(-c2cnc(Nc3ccsc3)nc2)cc1F)Nc1cc(C2(C(F)(F)F)CC2)on1. The molecule has 1 saturated carbocycles. The van der Waals surface area contributed by atoms with Crippen LogP contribution in [0.1, 0.15) is 24.2 Å². The van der Waals surface area contributed by atoms with Crippen LogP contribution in [0.4, 0.5) is 35.0 Å². The van der Waals surface area contributed by atoms with Crippen LogP contribution in [0.15, 0.2) is 58.0 Å². The molecule has 1 fully saturated rings. The van der Waals surface area contributed by atoms with Crippen molar-refractivity contribution in [1.29, 1.82) is 0 Å². The molecule has 5 rings (SSSR count). The molecule has 0 unspecified atom stereocenters. The van der Waals surface area contributed by atoms with Gasteiger partial charge >= 0.3 is 6.18 Å². The van der Waals surface area contributed by atoms with Crippen molar-refractivity contribution in [3.63, 3.8) is 0 Å². The van der Waals surface area contributed by atoms with Gasteiger partial charge in [-0.2, -0.15) is 24.5 Å². The number of rotatable bonds is 7. The number of hydrogen-bond acceptors (Lipinski definition) is 7. The smallest absolute Gasteiger partial charge is 0.358 e. The summed E-state index contributed by atoms with van der Waals surface area (Å²) in [6.45, 7) is 0. The second-order valence-electron chi connectivity index (χ2n) is 8.12. The third-order valence-electron chi connectivity index (χ3n) is 5.71. The van der Waals surface area contributed by atoms with E-state index in [1.807, 2.05) is 16.8 Å². The molecule has 3 aromatic heterocycles. The van der Waals surface area contributed by atoms with Gasteiger partial charge in [0.2, 0.25) is 11.9 Å². The molecule has 0 radical (unpaired) electrons. The first-order chi connectivity index (χ1) is 16.7. The third kappa shape index (κ3) is 4.74. The standard InChI is InChI=1S/C23H17F4N5O2S/c24-17-7-13(15-10-28-21(29-11-15)30-16-3-6-35-12-16)1-2-14(17)8-20(33)31-19-9-18(34-32-19)22(4-5-22)23(25,26)27/h1-3,6-7,9-12H,4-5,8H2,(H,28,29,30)(H,31,32,33). The molecule has 2 N–H and O–H groups in total. The number of carbonyl (C=O) groups is 1. The molecule has 0 atom stereocenters. The van der Waals surface area contributed by atoms with Crippen LogP contribution in [-0.2, 0) is 16.6 Å². The van der Waals surface area contributed by atoms with Crippen LogP contribution in [0.25, 0.3) is 11.1 Å². The summed E-state index contributed by atoms with van der Waals surface area (Å²) in [7, 11) is 0. The van der Waals surface area contributed by atoms with E-state index in [0.29, 0.717) is 17.1 Å². The molecule has 1 aromatic carbocycles. The maximum atomic E-state index is 14.7. The Balaban J connectivity index is 1.22. The summed E-state index contributed by atoms with van der Waals surface area (Å²) < 4.78 is 59.1. The Morgan fingerprint density at radius 1 is 1.11 bits per heavy atom. The topological polar surface area (TPSA) is 92.9 Å². The summed E-state index contributed by atoms with van der Waals surface area (Å²) in [6, 6.07) is 7.31. The Labute approximate surface area is 200 Å². The van der Waals surface area contributed by atoms with Gasteiger partial charge in [-0.3, -0.25) is 4.79 Å². The number of carbonyl (C=O) groups excluding carboxylic acids is 1. The fourth-order valence-electron chi connectivity index (χ4n) is 3.59. The first kappa shape index (κ1) is 23.0. The lowest BCUT2D eigenvalue weighted by atomic mass is 10.0. The molecule has 1 amide bonds. The first-order valence-electron chi connectivity index (χ1n) is 10.5. The number of benzene rings is 1. The Hall–Kier alpha value is -3.80. The Morgan fingerprint density at radius 3 is 2.51 bits per heavy atom. The van der Waals surface area contributed by atoms with E-state index >= 15 is 0 Å². The average Bonchev–Trinajstić information content (AvgIpc) is 3.25. The van der Waals surface area contributed by atoms with E-state index in [-0.39, 0.29) is 36.4 Å². The zero-order chi connectivity index (χ0) is 24.6. The van der Waals surface area contributed by atoms with Gasteiger partial charge in [0.25, 0.3) is 0 Å². The third-order valence-corrected chi connectivity index (χ3v) is 6.39. The quantitative estimate of drug-likeness (QED) is 0.307. The van der Waals surface area contributed by atoms with Gasteiger partial charge in [-0.1, -0.05) is 17.3 Å². The summed E-state index contributed by atoms with van der Waals surface area (Å²) in [4.78, 5) is 20.8. The van der Waals surface area contributed by atoms with Crippen molar-refractivity contribution in [2.24, 2.45) is 0 Å². The molecule has 35 heavy (non-hydrogen) atoms. The predicted molar refractivity (Wildman–Crippen MR) is 121 cm³/mol. The molecule has 1 aliphatic rings. The summed E-state index contributed by atoms with van der Waals surface area (Å²) >= 11 is 1.53. The lowest BCUT2D eigenvalue weighted by Crippen LogP contribution is -2.28. The van der Waals surface area contributed by atoms with Gasteiger partial charge in [0.15, 0.2) is 11.6 Å².